The first-order chi connectivity index (χ1) is 21.0. The van der Waals surface area contributed by atoms with Gasteiger partial charge in [-0.2, -0.15) is 0 Å². The van der Waals surface area contributed by atoms with Crippen molar-refractivity contribution in [2.75, 3.05) is 6.54 Å². The molecular formula is C25H40N6O14. The van der Waals surface area contributed by atoms with Crippen LogP contribution in [0.25, 0.3) is 0 Å². The molecular weight excluding hydrogens is 608 g/mol. The van der Waals surface area contributed by atoms with Gasteiger partial charge in [0.25, 0.3) is 0 Å². The summed E-state index contributed by atoms with van der Waals surface area (Å²) in [6, 6.07) is -8.15. The zero-order valence-corrected chi connectivity index (χ0v) is 24.2. The minimum atomic E-state index is -1.87. The molecule has 0 bridgehead atoms. The van der Waals surface area contributed by atoms with Crippen molar-refractivity contribution in [3.63, 3.8) is 0 Å². The highest BCUT2D eigenvalue weighted by molar-refractivity contribution is 5.96. The second-order valence-corrected chi connectivity index (χ2v) is 9.87. The van der Waals surface area contributed by atoms with Crippen LogP contribution in [0.1, 0.15) is 64.2 Å². The largest absolute Gasteiger partial charge is 0.481 e. The predicted molar refractivity (Wildman–Crippen MR) is 149 cm³/mol. The predicted octanol–water partition coefficient (Wildman–Crippen LogP) is -3.46. The molecule has 0 aliphatic heterocycles. The number of hydrogen-bond donors (Lipinski definition) is 11. The van der Waals surface area contributed by atoms with Crippen molar-refractivity contribution in [1.82, 2.24) is 21.3 Å². The summed E-state index contributed by atoms with van der Waals surface area (Å²) in [4.78, 5) is 107. The number of carboxylic acid groups (broad SMARTS) is 5. The minimum Gasteiger partial charge on any atom is -0.481 e. The molecule has 0 aromatic carbocycles. The molecule has 20 heteroatoms. The van der Waals surface area contributed by atoms with Crippen LogP contribution < -0.4 is 32.7 Å². The highest BCUT2D eigenvalue weighted by Crippen LogP contribution is 2.07. The Morgan fingerprint density at radius 1 is 0.489 bits per heavy atom. The van der Waals surface area contributed by atoms with Gasteiger partial charge in [-0.1, -0.05) is 0 Å². The SMILES string of the molecule is NCCCC[C@H](NC(=O)[C@H](CC(=O)O)NC(=O)[C@H](CCC(=O)O)NC(=O)[C@H](CCC(=O)O)NC(=O)[C@@H](N)CCC(=O)O)C(=O)O. The van der Waals surface area contributed by atoms with Crippen molar-refractivity contribution < 1.29 is 68.7 Å². The summed E-state index contributed by atoms with van der Waals surface area (Å²) >= 11 is 0. The first kappa shape index (κ1) is 40.1. The van der Waals surface area contributed by atoms with E-state index >= 15 is 0 Å². The molecule has 0 radical (unpaired) electrons. The third-order valence-corrected chi connectivity index (χ3v) is 6.14. The van der Waals surface area contributed by atoms with E-state index in [4.69, 9.17) is 26.8 Å². The van der Waals surface area contributed by atoms with Crippen molar-refractivity contribution >= 4 is 53.5 Å². The van der Waals surface area contributed by atoms with Gasteiger partial charge in [0.05, 0.1) is 12.5 Å². The topological polar surface area (TPSA) is 355 Å². The van der Waals surface area contributed by atoms with E-state index in [1.807, 2.05) is 0 Å². The highest BCUT2D eigenvalue weighted by Gasteiger charge is 2.33. The van der Waals surface area contributed by atoms with Crippen LogP contribution in [-0.4, -0.2) is 116 Å². The smallest absolute Gasteiger partial charge is 0.326 e. The number of aliphatic carboxylic acids is 5. The molecule has 0 aliphatic carbocycles. The molecule has 4 amide bonds. The molecule has 0 aromatic heterocycles. The van der Waals surface area contributed by atoms with Gasteiger partial charge in [-0.3, -0.25) is 38.4 Å². The molecule has 0 heterocycles. The Labute approximate surface area is 256 Å². The number of hydrogen-bond acceptors (Lipinski definition) is 11. The molecule has 45 heavy (non-hydrogen) atoms. The number of nitrogens with two attached hydrogens (primary N) is 2. The minimum absolute atomic E-state index is 0.0628. The third kappa shape index (κ3) is 17.8. The Hall–Kier alpha value is -4.85. The van der Waals surface area contributed by atoms with Crippen LogP contribution in [0.5, 0.6) is 0 Å². The number of carboxylic acids is 5. The first-order valence-electron chi connectivity index (χ1n) is 13.8. The number of carbonyl (C=O) groups excluding carboxylic acids is 4. The van der Waals surface area contributed by atoms with E-state index < -0.39 is 122 Å². The molecule has 0 spiro atoms. The second-order valence-electron chi connectivity index (χ2n) is 9.87. The Morgan fingerprint density at radius 3 is 1.31 bits per heavy atom. The molecule has 0 unspecified atom stereocenters. The fourth-order valence-corrected chi connectivity index (χ4v) is 3.71. The van der Waals surface area contributed by atoms with Crippen LogP contribution in [0.3, 0.4) is 0 Å². The maximum absolute atomic E-state index is 13.1. The van der Waals surface area contributed by atoms with Crippen molar-refractivity contribution in [2.24, 2.45) is 11.5 Å². The lowest BCUT2D eigenvalue weighted by Crippen LogP contribution is -2.58. The summed E-state index contributed by atoms with van der Waals surface area (Å²) in [6.07, 6.45) is -3.71. The number of unbranched alkanes of at least 4 members (excludes halogenated alkanes) is 1. The van der Waals surface area contributed by atoms with Crippen LogP contribution >= 0.6 is 0 Å². The molecule has 0 saturated carbocycles. The van der Waals surface area contributed by atoms with Crippen molar-refractivity contribution in [3.8, 4) is 0 Å². The lowest BCUT2D eigenvalue weighted by Gasteiger charge is -2.26. The number of nitrogens with one attached hydrogen (secondary N) is 4. The van der Waals surface area contributed by atoms with Crippen LogP contribution in [0.4, 0.5) is 0 Å². The zero-order valence-electron chi connectivity index (χ0n) is 24.2. The lowest BCUT2D eigenvalue weighted by atomic mass is 10.0. The van der Waals surface area contributed by atoms with Gasteiger partial charge in [-0.15, -0.1) is 0 Å². The number of amides is 4. The maximum atomic E-state index is 13.1. The summed E-state index contributed by atoms with van der Waals surface area (Å²) in [6.45, 7) is 0.250. The van der Waals surface area contributed by atoms with Gasteiger partial charge in [0.1, 0.15) is 24.2 Å². The fourth-order valence-electron chi connectivity index (χ4n) is 3.71. The van der Waals surface area contributed by atoms with E-state index in [-0.39, 0.29) is 19.4 Å². The summed E-state index contributed by atoms with van der Waals surface area (Å²) in [7, 11) is 0. The zero-order chi connectivity index (χ0) is 34.7. The molecule has 0 fully saturated rings. The van der Waals surface area contributed by atoms with E-state index in [2.05, 4.69) is 21.3 Å². The summed E-state index contributed by atoms with van der Waals surface area (Å²) < 4.78 is 0. The van der Waals surface area contributed by atoms with E-state index in [9.17, 15) is 53.4 Å². The normalized spacial score (nSPS) is 14.0. The van der Waals surface area contributed by atoms with Gasteiger partial charge >= 0.3 is 29.8 Å². The molecule has 0 saturated heterocycles. The van der Waals surface area contributed by atoms with E-state index in [1.165, 1.54) is 0 Å². The molecule has 13 N–H and O–H groups in total. The molecule has 0 aliphatic rings. The fraction of sp³-hybridized carbons (Fsp3) is 0.640. The summed E-state index contributed by atoms with van der Waals surface area (Å²) in [5, 5.41) is 54.0. The highest BCUT2D eigenvalue weighted by atomic mass is 16.4. The average Bonchev–Trinajstić information content (AvgIpc) is 2.94. The molecule has 0 aromatic rings. The summed E-state index contributed by atoms with van der Waals surface area (Å²) in [5.41, 5.74) is 11.0. The van der Waals surface area contributed by atoms with Crippen LogP contribution in [-0.2, 0) is 43.2 Å². The quantitative estimate of drug-likeness (QED) is 0.0453. The average molecular weight is 649 g/mol. The first-order valence-corrected chi connectivity index (χ1v) is 13.8. The molecule has 254 valence electrons. The van der Waals surface area contributed by atoms with Gasteiger partial charge in [-0.05, 0) is 45.1 Å². The Bertz CT molecular complexity index is 1100. The second kappa shape index (κ2) is 21.0. The van der Waals surface area contributed by atoms with Crippen molar-refractivity contribution in [3.05, 3.63) is 0 Å². The van der Waals surface area contributed by atoms with Gasteiger partial charge in [0, 0.05) is 19.3 Å². The summed E-state index contributed by atoms with van der Waals surface area (Å²) in [5.74, 6) is -11.7. The standard InChI is InChI=1S/C25H40N6O14/c26-10-2-1-3-15(25(44)45)30-24(43)16(11-20(38)39)31-23(42)14(6-9-19(36)37)29-22(41)13(5-8-18(34)35)28-21(40)12(27)4-7-17(32)33/h12-16H,1-11,26-27H2,(H,28,40)(H,29,41)(H,30,43)(H,31,42)(H,32,33)(H,34,35)(H,36,37)(H,38,39)(H,44,45)/t12-,13-,14-,15-,16-/m0/s1. The number of rotatable bonds is 24. The van der Waals surface area contributed by atoms with Crippen LogP contribution in [0.2, 0.25) is 0 Å². The van der Waals surface area contributed by atoms with Gasteiger partial charge < -0.3 is 58.3 Å². The van der Waals surface area contributed by atoms with Crippen molar-refractivity contribution in [2.45, 2.75) is 94.4 Å². The van der Waals surface area contributed by atoms with E-state index in [0.717, 1.165) is 0 Å². The third-order valence-electron chi connectivity index (χ3n) is 6.14. The maximum Gasteiger partial charge on any atom is 0.326 e. The van der Waals surface area contributed by atoms with Gasteiger partial charge in [0.15, 0.2) is 0 Å². The van der Waals surface area contributed by atoms with Crippen molar-refractivity contribution in [1.29, 1.82) is 0 Å². The van der Waals surface area contributed by atoms with E-state index in [0.29, 0.717) is 12.8 Å². The van der Waals surface area contributed by atoms with E-state index in [1.54, 1.807) is 0 Å². The molecule has 5 atom stereocenters. The van der Waals surface area contributed by atoms with Gasteiger partial charge in [0.2, 0.25) is 23.6 Å². The molecule has 20 nitrogen and oxygen atoms in total. The molecule has 0 rings (SSSR count). The van der Waals surface area contributed by atoms with Gasteiger partial charge in [-0.25, -0.2) is 4.79 Å². The Balaban J connectivity index is 5.97. The Kier molecular flexibility index (Phi) is 18.7. The Morgan fingerprint density at radius 2 is 0.889 bits per heavy atom. The van der Waals surface area contributed by atoms with Crippen LogP contribution in [0.15, 0.2) is 0 Å². The van der Waals surface area contributed by atoms with Crippen LogP contribution in [0, 0.1) is 0 Å². The number of carbonyl (C=O) groups is 9. The lowest BCUT2D eigenvalue weighted by molar-refractivity contribution is -0.144. The monoisotopic (exact) mass is 648 g/mol.